The van der Waals surface area contributed by atoms with E-state index in [-0.39, 0.29) is 17.8 Å². The predicted octanol–water partition coefficient (Wildman–Crippen LogP) is 3.54. The molecule has 8 heteroatoms. The van der Waals surface area contributed by atoms with Crippen LogP contribution in [0.15, 0.2) is 24.5 Å². The number of aryl methyl sites for hydroxylation is 2. The molecule has 3 aromatic heterocycles. The SMILES string of the molecule is Cc1cnc(N)c(C(=O)N2CCCC[C@H]2c2cc3nc(N4CC[C@H](C)C4)c(C)cn3n2)c1. The number of hydrogen-bond donors (Lipinski definition) is 1. The number of pyridine rings is 1. The lowest BCUT2D eigenvalue weighted by molar-refractivity contribution is 0.0606. The number of anilines is 2. The lowest BCUT2D eigenvalue weighted by Crippen LogP contribution is -2.39. The fourth-order valence-corrected chi connectivity index (χ4v) is 5.02. The monoisotopic (exact) mass is 433 g/mol. The Hall–Kier alpha value is -3.16. The second-order valence-corrected chi connectivity index (χ2v) is 9.41. The van der Waals surface area contributed by atoms with Crippen LogP contribution in [-0.2, 0) is 0 Å². The third kappa shape index (κ3) is 3.67. The average molecular weight is 434 g/mol. The van der Waals surface area contributed by atoms with Crippen molar-refractivity contribution in [1.82, 2.24) is 24.5 Å². The molecule has 2 N–H and O–H groups in total. The predicted molar refractivity (Wildman–Crippen MR) is 125 cm³/mol. The second-order valence-electron chi connectivity index (χ2n) is 9.41. The zero-order valence-corrected chi connectivity index (χ0v) is 19.1. The zero-order valence-electron chi connectivity index (χ0n) is 19.1. The molecular weight excluding hydrogens is 402 g/mol. The Bertz CT molecular complexity index is 1170. The van der Waals surface area contributed by atoms with E-state index in [1.54, 1.807) is 6.20 Å². The number of rotatable bonds is 3. The highest BCUT2D eigenvalue weighted by Gasteiger charge is 2.32. The van der Waals surface area contributed by atoms with Gasteiger partial charge in [-0.25, -0.2) is 14.5 Å². The Morgan fingerprint density at radius 1 is 1.16 bits per heavy atom. The Morgan fingerprint density at radius 3 is 2.78 bits per heavy atom. The molecule has 0 bridgehead atoms. The molecule has 2 aliphatic rings. The standard InChI is InChI=1S/C24H31N7O/c1-15-7-9-29(13-15)23-17(3)14-31-21(27-23)11-19(28-31)20-6-4-5-8-30(20)24(32)18-10-16(2)12-26-22(18)25/h10-12,14-15,20H,4-9,13H2,1-3H3,(H2,25,26)/t15-,20-/m0/s1. The number of aromatic nitrogens is 4. The number of likely N-dealkylation sites (tertiary alicyclic amines) is 1. The first-order valence-electron chi connectivity index (χ1n) is 11.6. The summed E-state index contributed by atoms with van der Waals surface area (Å²) in [5.41, 5.74) is 10.3. The van der Waals surface area contributed by atoms with Crippen LogP contribution in [0, 0.1) is 19.8 Å². The molecule has 0 spiro atoms. The Morgan fingerprint density at radius 2 is 2.00 bits per heavy atom. The molecule has 0 unspecified atom stereocenters. The van der Waals surface area contributed by atoms with Crippen LogP contribution < -0.4 is 10.6 Å². The molecule has 2 atom stereocenters. The van der Waals surface area contributed by atoms with Crippen molar-refractivity contribution in [3.8, 4) is 0 Å². The first kappa shape index (κ1) is 20.7. The topological polar surface area (TPSA) is 92.6 Å². The summed E-state index contributed by atoms with van der Waals surface area (Å²) in [4.78, 5) is 26.9. The Labute approximate surface area is 188 Å². The van der Waals surface area contributed by atoms with Crippen molar-refractivity contribution in [2.45, 2.75) is 52.5 Å². The highest BCUT2D eigenvalue weighted by molar-refractivity contribution is 5.98. The first-order valence-corrected chi connectivity index (χ1v) is 11.6. The number of amides is 1. The van der Waals surface area contributed by atoms with E-state index < -0.39 is 0 Å². The van der Waals surface area contributed by atoms with Crippen LogP contribution in [-0.4, -0.2) is 50.0 Å². The second kappa shape index (κ2) is 8.07. The van der Waals surface area contributed by atoms with Crippen molar-refractivity contribution < 1.29 is 4.79 Å². The third-order valence-corrected chi connectivity index (χ3v) is 6.74. The molecule has 1 amide bonds. The minimum atomic E-state index is -0.0894. The molecule has 0 aromatic carbocycles. The van der Waals surface area contributed by atoms with E-state index in [0.29, 0.717) is 18.0 Å². The number of carbonyl (C=O) groups is 1. The van der Waals surface area contributed by atoms with Crippen LogP contribution in [0.5, 0.6) is 0 Å². The zero-order chi connectivity index (χ0) is 22.4. The van der Waals surface area contributed by atoms with Gasteiger partial charge in [0.15, 0.2) is 5.65 Å². The summed E-state index contributed by atoms with van der Waals surface area (Å²) < 4.78 is 1.85. The van der Waals surface area contributed by atoms with Gasteiger partial charge >= 0.3 is 0 Å². The van der Waals surface area contributed by atoms with Gasteiger partial charge in [0.05, 0.1) is 17.3 Å². The molecule has 2 aliphatic heterocycles. The van der Waals surface area contributed by atoms with Crippen LogP contribution >= 0.6 is 0 Å². The van der Waals surface area contributed by atoms with E-state index in [2.05, 4.69) is 29.9 Å². The van der Waals surface area contributed by atoms with Crippen LogP contribution in [0.25, 0.3) is 5.65 Å². The van der Waals surface area contributed by atoms with Gasteiger partial charge in [-0.1, -0.05) is 6.92 Å². The molecule has 0 radical (unpaired) electrons. The van der Waals surface area contributed by atoms with Crippen LogP contribution in [0.3, 0.4) is 0 Å². The summed E-state index contributed by atoms with van der Waals surface area (Å²) in [5.74, 6) is 1.94. The maximum Gasteiger partial charge on any atom is 0.258 e. The molecule has 5 rings (SSSR count). The van der Waals surface area contributed by atoms with Crippen molar-refractivity contribution in [3.63, 3.8) is 0 Å². The summed E-state index contributed by atoms with van der Waals surface area (Å²) in [6, 6.07) is 3.78. The first-order chi connectivity index (χ1) is 15.4. The van der Waals surface area contributed by atoms with E-state index in [4.69, 9.17) is 15.8 Å². The van der Waals surface area contributed by atoms with Gasteiger partial charge in [0, 0.05) is 43.7 Å². The number of nitrogen functional groups attached to an aromatic ring is 1. The normalized spacial score (nSPS) is 21.5. The number of fused-ring (bicyclic) bond motifs is 1. The fourth-order valence-electron chi connectivity index (χ4n) is 5.02. The molecule has 0 saturated carbocycles. The largest absolute Gasteiger partial charge is 0.383 e. The maximum atomic E-state index is 13.4. The summed E-state index contributed by atoms with van der Waals surface area (Å²) in [6.45, 7) is 9.08. The summed E-state index contributed by atoms with van der Waals surface area (Å²) in [5, 5.41) is 4.84. The Kier molecular flexibility index (Phi) is 5.23. The summed E-state index contributed by atoms with van der Waals surface area (Å²) >= 11 is 0. The number of carbonyl (C=O) groups excluding carboxylic acids is 1. The van der Waals surface area contributed by atoms with E-state index >= 15 is 0 Å². The number of hydrogen-bond acceptors (Lipinski definition) is 6. The van der Waals surface area contributed by atoms with Gasteiger partial charge in [-0.05, 0) is 57.1 Å². The molecule has 5 heterocycles. The van der Waals surface area contributed by atoms with E-state index in [9.17, 15) is 4.79 Å². The maximum absolute atomic E-state index is 13.4. The molecular formula is C24H31N7O. The molecule has 2 fully saturated rings. The van der Waals surface area contributed by atoms with Crippen molar-refractivity contribution in [2.24, 2.45) is 5.92 Å². The fraction of sp³-hybridized carbons (Fsp3) is 0.500. The average Bonchev–Trinajstić information content (AvgIpc) is 3.40. The quantitative estimate of drug-likeness (QED) is 0.679. The summed E-state index contributed by atoms with van der Waals surface area (Å²) in [6.07, 6.45) is 7.87. The summed E-state index contributed by atoms with van der Waals surface area (Å²) in [7, 11) is 0. The van der Waals surface area contributed by atoms with Crippen molar-refractivity contribution in [1.29, 1.82) is 0 Å². The van der Waals surface area contributed by atoms with Gasteiger partial charge in [0.2, 0.25) is 0 Å². The molecule has 3 aromatic rings. The Balaban J connectivity index is 1.48. The lowest BCUT2D eigenvalue weighted by atomic mass is 9.98. The van der Waals surface area contributed by atoms with Crippen molar-refractivity contribution in [2.75, 3.05) is 30.3 Å². The van der Waals surface area contributed by atoms with E-state index in [0.717, 1.165) is 60.6 Å². The van der Waals surface area contributed by atoms with Gasteiger partial charge in [0.25, 0.3) is 5.91 Å². The van der Waals surface area contributed by atoms with Gasteiger partial charge < -0.3 is 15.5 Å². The highest BCUT2D eigenvalue weighted by atomic mass is 16.2. The number of nitrogens with zero attached hydrogens (tertiary/aromatic N) is 6. The number of piperidine rings is 1. The smallest absolute Gasteiger partial charge is 0.258 e. The van der Waals surface area contributed by atoms with Gasteiger partial charge in [-0.15, -0.1) is 0 Å². The molecule has 8 nitrogen and oxygen atoms in total. The van der Waals surface area contributed by atoms with E-state index in [1.807, 2.05) is 28.5 Å². The number of nitrogens with two attached hydrogens (primary N) is 1. The highest BCUT2D eigenvalue weighted by Crippen LogP contribution is 2.33. The molecule has 0 aliphatic carbocycles. The van der Waals surface area contributed by atoms with E-state index in [1.165, 1.54) is 6.42 Å². The molecule has 168 valence electrons. The third-order valence-electron chi connectivity index (χ3n) is 6.74. The minimum absolute atomic E-state index is 0.0728. The van der Waals surface area contributed by atoms with Crippen LogP contribution in [0.1, 0.15) is 65.8 Å². The van der Waals surface area contributed by atoms with Gasteiger partial charge in [-0.3, -0.25) is 4.79 Å². The van der Waals surface area contributed by atoms with Crippen molar-refractivity contribution >= 4 is 23.2 Å². The molecule has 32 heavy (non-hydrogen) atoms. The van der Waals surface area contributed by atoms with Gasteiger partial charge in [0.1, 0.15) is 11.6 Å². The minimum Gasteiger partial charge on any atom is -0.383 e. The molecule has 2 saturated heterocycles. The van der Waals surface area contributed by atoms with Gasteiger partial charge in [-0.2, -0.15) is 5.10 Å². The van der Waals surface area contributed by atoms with Crippen molar-refractivity contribution in [3.05, 3.63) is 46.9 Å². The van der Waals surface area contributed by atoms with Crippen LogP contribution in [0.4, 0.5) is 11.6 Å². The van der Waals surface area contributed by atoms with Crippen LogP contribution in [0.2, 0.25) is 0 Å². The lowest BCUT2D eigenvalue weighted by Gasteiger charge is -2.35.